The van der Waals surface area contributed by atoms with E-state index in [1.807, 2.05) is 9.47 Å². The maximum atomic E-state index is 15.2. The van der Waals surface area contributed by atoms with E-state index in [4.69, 9.17) is 4.74 Å². The van der Waals surface area contributed by atoms with Crippen LogP contribution in [0.4, 0.5) is 25.1 Å². The molecule has 1 atom stereocenters. The standard InChI is InChI=1S/C27H25F3N6O3/c1-27(23(37)38)6-8-35(9-7-27)25-31-12-15(13-32-25)17-10-20-19(11-18(17)28)34-26-33-14-21(36(20)26)16-4-2-3-5-22(16)39-24(29)30/h2-5,10-13,21,24H,6-9,14H2,1H3,(H,33,34)(H,37,38). The number of aromatic nitrogens is 4. The number of alkyl halides is 2. The van der Waals surface area contributed by atoms with Gasteiger partial charge in [0.1, 0.15) is 11.6 Å². The number of hydrogen-bond acceptors (Lipinski definition) is 7. The quantitative estimate of drug-likeness (QED) is 0.356. The maximum absolute atomic E-state index is 15.2. The highest BCUT2D eigenvalue weighted by Crippen LogP contribution is 2.39. The number of piperidine rings is 1. The molecule has 202 valence electrons. The molecule has 0 radical (unpaired) electrons. The van der Waals surface area contributed by atoms with Crippen LogP contribution in [0, 0.1) is 11.2 Å². The molecule has 1 unspecified atom stereocenters. The number of benzene rings is 2. The second kappa shape index (κ2) is 9.44. The van der Waals surface area contributed by atoms with Crippen LogP contribution in [0.25, 0.3) is 22.2 Å². The zero-order valence-electron chi connectivity index (χ0n) is 20.9. The molecule has 6 rings (SSSR count). The molecule has 0 aliphatic carbocycles. The van der Waals surface area contributed by atoms with E-state index in [-0.39, 0.29) is 11.3 Å². The number of anilines is 2. The Kier molecular flexibility index (Phi) is 6.04. The Balaban J connectivity index is 1.32. The fourth-order valence-electron chi connectivity index (χ4n) is 5.30. The van der Waals surface area contributed by atoms with Crippen LogP contribution in [-0.4, -0.2) is 56.8 Å². The summed E-state index contributed by atoms with van der Waals surface area (Å²) in [5.74, 6) is -0.273. The highest BCUT2D eigenvalue weighted by atomic mass is 19.3. The number of halogens is 3. The smallest absolute Gasteiger partial charge is 0.387 e. The summed E-state index contributed by atoms with van der Waals surface area (Å²) in [6, 6.07) is 9.19. The van der Waals surface area contributed by atoms with Crippen molar-refractivity contribution in [2.75, 3.05) is 29.9 Å². The highest BCUT2D eigenvalue weighted by molar-refractivity contribution is 5.85. The van der Waals surface area contributed by atoms with Crippen molar-refractivity contribution in [2.45, 2.75) is 32.4 Å². The molecular formula is C27H25F3N6O3. The number of nitrogens with one attached hydrogen (secondary N) is 1. The largest absolute Gasteiger partial charge is 0.481 e. The van der Waals surface area contributed by atoms with Gasteiger partial charge in [0.15, 0.2) is 0 Å². The van der Waals surface area contributed by atoms with E-state index in [0.717, 1.165) is 0 Å². The minimum atomic E-state index is -2.96. The van der Waals surface area contributed by atoms with Gasteiger partial charge in [-0.05, 0) is 31.9 Å². The second-order valence-electron chi connectivity index (χ2n) is 10.1. The molecule has 2 N–H and O–H groups in total. The van der Waals surface area contributed by atoms with Gasteiger partial charge >= 0.3 is 12.6 Å². The highest BCUT2D eigenvalue weighted by Gasteiger charge is 2.37. The number of para-hydroxylation sites is 1. The topological polar surface area (TPSA) is 105 Å². The molecule has 4 aromatic rings. The Bertz CT molecular complexity index is 1550. The fraction of sp³-hybridized carbons (Fsp3) is 0.333. The third kappa shape index (κ3) is 4.39. The molecule has 2 aromatic heterocycles. The van der Waals surface area contributed by atoms with Gasteiger partial charge in [-0.2, -0.15) is 8.78 Å². The van der Waals surface area contributed by atoms with Crippen molar-refractivity contribution in [2.24, 2.45) is 5.41 Å². The molecule has 0 spiro atoms. The summed E-state index contributed by atoms with van der Waals surface area (Å²) < 4.78 is 47.9. The van der Waals surface area contributed by atoms with Gasteiger partial charge in [0, 0.05) is 54.8 Å². The van der Waals surface area contributed by atoms with Crippen molar-refractivity contribution in [1.29, 1.82) is 0 Å². The van der Waals surface area contributed by atoms with Crippen LogP contribution in [0.3, 0.4) is 0 Å². The summed E-state index contributed by atoms with van der Waals surface area (Å²) in [6.45, 7) is 0.205. The van der Waals surface area contributed by atoms with Crippen LogP contribution < -0.4 is 15.0 Å². The van der Waals surface area contributed by atoms with Crippen molar-refractivity contribution in [3.8, 4) is 16.9 Å². The van der Waals surface area contributed by atoms with Gasteiger partial charge in [0.25, 0.3) is 0 Å². The van der Waals surface area contributed by atoms with Gasteiger partial charge in [-0.3, -0.25) is 4.79 Å². The second-order valence-corrected chi connectivity index (χ2v) is 10.1. The Labute approximate surface area is 221 Å². The molecule has 2 aromatic carbocycles. The lowest BCUT2D eigenvalue weighted by molar-refractivity contribution is -0.149. The van der Waals surface area contributed by atoms with Gasteiger partial charge in [0.2, 0.25) is 11.9 Å². The number of carboxylic acids is 1. The average molecular weight is 539 g/mol. The molecular weight excluding hydrogens is 513 g/mol. The first-order valence-corrected chi connectivity index (χ1v) is 12.5. The number of nitrogens with zero attached hydrogens (tertiary/aromatic N) is 5. The number of fused-ring (bicyclic) bond motifs is 3. The number of imidazole rings is 1. The van der Waals surface area contributed by atoms with Crippen LogP contribution in [0.1, 0.15) is 31.4 Å². The van der Waals surface area contributed by atoms with Crippen molar-refractivity contribution >= 4 is 28.9 Å². The first-order chi connectivity index (χ1) is 18.7. The number of rotatable bonds is 6. The summed E-state index contributed by atoms with van der Waals surface area (Å²) in [4.78, 5) is 26.8. The van der Waals surface area contributed by atoms with E-state index >= 15 is 4.39 Å². The van der Waals surface area contributed by atoms with E-state index in [2.05, 4.69) is 20.3 Å². The minimum absolute atomic E-state index is 0.0710. The minimum Gasteiger partial charge on any atom is -0.481 e. The van der Waals surface area contributed by atoms with Gasteiger partial charge in [-0.15, -0.1) is 0 Å². The lowest BCUT2D eigenvalue weighted by Crippen LogP contribution is -2.43. The molecule has 9 nitrogen and oxygen atoms in total. The molecule has 0 saturated carbocycles. The molecule has 1 fully saturated rings. The fourth-order valence-corrected chi connectivity index (χ4v) is 5.30. The lowest BCUT2D eigenvalue weighted by atomic mass is 9.80. The zero-order chi connectivity index (χ0) is 27.3. The van der Waals surface area contributed by atoms with Crippen LogP contribution in [0.15, 0.2) is 48.8 Å². The number of ether oxygens (including phenoxy) is 1. The summed E-state index contributed by atoms with van der Waals surface area (Å²) in [7, 11) is 0. The molecule has 39 heavy (non-hydrogen) atoms. The summed E-state index contributed by atoms with van der Waals surface area (Å²) >= 11 is 0. The van der Waals surface area contributed by atoms with Crippen LogP contribution in [0.5, 0.6) is 5.75 Å². The van der Waals surface area contributed by atoms with E-state index in [1.54, 1.807) is 43.6 Å². The van der Waals surface area contributed by atoms with Crippen molar-refractivity contribution in [1.82, 2.24) is 19.5 Å². The van der Waals surface area contributed by atoms with Gasteiger partial charge in [0.05, 0.1) is 22.5 Å². The van der Waals surface area contributed by atoms with Crippen LogP contribution >= 0.6 is 0 Å². The van der Waals surface area contributed by atoms with E-state index < -0.39 is 29.9 Å². The van der Waals surface area contributed by atoms with E-state index in [9.17, 15) is 18.7 Å². The maximum Gasteiger partial charge on any atom is 0.387 e. The number of carboxylic acid groups (broad SMARTS) is 1. The molecule has 2 aliphatic heterocycles. The normalized spacial score (nSPS) is 18.3. The zero-order valence-corrected chi connectivity index (χ0v) is 20.9. The molecule has 2 aliphatic rings. The monoisotopic (exact) mass is 538 g/mol. The lowest BCUT2D eigenvalue weighted by Gasteiger charge is -2.36. The SMILES string of the molecule is CC1(C(=O)O)CCN(c2ncc(-c3cc4c(cc3F)nc3n4C(c4ccccc4OC(F)F)CN3)cn2)CC1. The molecule has 4 heterocycles. The Hall–Kier alpha value is -4.35. The molecule has 0 bridgehead atoms. The van der Waals surface area contributed by atoms with Gasteiger partial charge < -0.3 is 24.6 Å². The Morgan fingerprint density at radius 3 is 2.59 bits per heavy atom. The molecule has 1 saturated heterocycles. The molecule has 12 heteroatoms. The first kappa shape index (κ1) is 25.0. The number of carbonyl (C=O) groups is 1. The molecule has 0 amide bonds. The summed E-state index contributed by atoms with van der Waals surface area (Å²) in [5, 5.41) is 12.6. The summed E-state index contributed by atoms with van der Waals surface area (Å²) in [6.07, 6.45) is 4.04. The van der Waals surface area contributed by atoms with Crippen LogP contribution in [0.2, 0.25) is 0 Å². The van der Waals surface area contributed by atoms with Crippen LogP contribution in [-0.2, 0) is 4.79 Å². The van der Waals surface area contributed by atoms with Gasteiger partial charge in [-0.1, -0.05) is 18.2 Å². The third-order valence-electron chi connectivity index (χ3n) is 7.65. The predicted molar refractivity (Wildman–Crippen MR) is 138 cm³/mol. The van der Waals surface area contributed by atoms with Crippen molar-refractivity contribution in [3.05, 3.63) is 60.2 Å². The van der Waals surface area contributed by atoms with E-state index in [0.29, 0.717) is 66.5 Å². The van der Waals surface area contributed by atoms with Gasteiger partial charge in [-0.25, -0.2) is 19.3 Å². The first-order valence-electron chi connectivity index (χ1n) is 12.5. The summed E-state index contributed by atoms with van der Waals surface area (Å²) in [5.41, 5.74) is 1.57. The number of aliphatic carboxylic acids is 1. The Morgan fingerprint density at radius 1 is 1.18 bits per heavy atom. The van der Waals surface area contributed by atoms with E-state index in [1.165, 1.54) is 12.1 Å². The predicted octanol–water partition coefficient (Wildman–Crippen LogP) is 4.94. The third-order valence-corrected chi connectivity index (χ3v) is 7.65. The van der Waals surface area contributed by atoms with Crippen molar-refractivity contribution < 1.29 is 27.8 Å². The average Bonchev–Trinajstić information content (AvgIpc) is 3.48. The number of hydrogen-bond donors (Lipinski definition) is 2. The van der Waals surface area contributed by atoms with Crippen molar-refractivity contribution in [3.63, 3.8) is 0 Å². The Morgan fingerprint density at radius 2 is 1.90 bits per heavy atom.